The van der Waals surface area contributed by atoms with Crippen molar-refractivity contribution in [1.29, 1.82) is 0 Å². The van der Waals surface area contributed by atoms with Crippen LogP contribution in [-0.4, -0.2) is 34.6 Å². The fraction of sp³-hybridized carbons (Fsp3) is 0.438. The molecule has 108 valence electrons. The van der Waals surface area contributed by atoms with Crippen LogP contribution in [0.1, 0.15) is 17.7 Å². The third-order valence-corrected chi connectivity index (χ3v) is 3.29. The van der Waals surface area contributed by atoms with Crippen molar-refractivity contribution in [3.63, 3.8) is 0 Å². The summed E-state index contributed by atoms with van der Waals surface area (Å²) in [5.41, 5.74) is 2.42. The Morgan fingerprint density at radius 2 is 2.00 bits per heavy atom. The Bertz CT molecular complexity index is 519. The van der Waals surface area contributed by atoms with Gasteiger partial charge in [0.25, 0.3) is 0 Å². The van der Waals surface area contributed by atoms with Gasteiger partial charge in [-0.1, -0.05) is 30.3 Å². The van der Waals surface area contributed by atoms with Gasteiger partial charge >= 0.3 is 0 Å². The minimum Gasteiger partial charge on any atom is -0.356 e. The van der Waals surface area contributed by atoms with E-state index in [4.69, 9.17) is 0 Å². The highest BCUT2D eigenvalue weighted by atomic mass is 15.2. The van der Waals surface area contributed by atoms with Gasteiger partial charge < -0.3 is 14.8 Å². The minimum atomic E-state index is 0.948. The molecule has 2 rings (SSSR count). The van der Waals surface area contributed by atoms with Crippen LogP contribution in [0.4, 0.5) is 5.95 Å². The molecule has 1 aromatic carbocycles. The largest absolute Gasteiger partial charge is 0.356 e. The van der Waals surface area contributed by atoms with Crippen LogP contribution >= 0.6 is 0 Å². The van der Waals surface area contributed by atoms with E-state index in [1.54, 1.807) is 0 Å². The number of benzene rings is 1. The number of aryl methyl sites for hydroxylation is 2. The summed E-state index contributed by atoms with van der Waals surface area (Å²) in [5, 5.41) is 3.38. The van der Waals surface area contributed by atoms with E-state index in [1.807, 2.05) is 24.7 Å². The molecule has 0 atom stereocenters. The zero-order valence-corrected chi connectivity index (χ0v) is 12.6. The predicted molar refractivity (Wildman–Crippen MR) is 83.8 cm³/mol. The zero-order chi connectivity index (χ0) is 14.4. The molecule has 2 aromatic rings. The van der Waals surface area contributed by atoms with E-state index in [2.05, 4.69) is 52.6 Å². The van der Waals surface area contributed by atoms with E-state index < -0.39 is 0 Å². The van der Waals surface area contributed by atoms with Crippen molar-refractivity contribution in [2.45, 2.75) is 19.9 Å². The molecule has 0 unspecified atom stereocenters. The smallest absolute Gasteiger partial charge is 0.202 e. The van der Waals surface area contributed by atoms with E-state index >= 15 is 0 Å². The SMILES string of the molecule is Cc1cn(C)c(NCCCN(C)Cc2ccccc2)n1. The van der Waals surface area contributed by atoms with Gasteiger partial charge in [-0.25, -0.2) is 4.98 Å². The molecule has 0 bridgehead atoms. The lowest BCUT2D eigenvalue weighted by atomic mass is 10.2. The summed E-state index contributed by atoms with van der Waals surface area (Å²) in [4.78, 5) is 6.78. The first-order valence-corrected chi connectivity index (χ1v) is 7.11. The molecule has 1 N–H and O–H groups in total. The molecule has 20 heavy (non-hydrogen) atoms. The maximum absolute atomic E-state index is 4.43. The molecule has 0 aliphatic rings. The van der Waals surface area contributed by atoms with Gasteiger partial charge in [-0.2, -0.15) is 0 Å². The summed E-state index contributed by atoms with van der Waals surface area (Å²) in [6.45, 7) is 5.04. The first-order valence-electron chi connectivity index (χ1n) is 7.11. The van der Waals surface area contributed by atoms with Crippen molar-refractivity contribution >= 4 is 5.95 Å². The molecular weight excluding hydrogens is 248 g/mol. The number of aromatic nitrogens is 2. The van der Waals surface area contributed by atoms with Gasteiger partial charge in [0.2, 0.25) is 5.95 Å². The number of nitrogens with one attached hydrogen (secondary N) is 1. The Morgan fingerprint density at radius 1 is 1.25 bits per heavy atom. The topological polar surface area (TPSA) is 33.1 Å². The van der Waals surface area contributed by atoms with Gasteiger partial charge in [-0.3, -0.25) is 0 Å². The van der Waals surface area contributed by atoms with Crippen LogP contribution in [-0.2, 0) is 13.6 Å². The highest BCUT2D eigenvalue weighted by molar-refractivity contribution is 5.27. The second-order valence-corrected chi connectivity index (χ2v) is 5.32. The third-order valence-electron chi connectivity index (χ3n) is 3.29. The summed E-state index contributed by atoms with van der Waals surface area (Å²) in [6, 6.07) is 10.6. The molecule has 0 saturated carbocycles. The molecule has 0 fully saturated rings. The molecule has 0 radical (unpaired) electrons. The number of rotatable bonds is 7. The Kier molecular flexibility index (Phi) is 5.18. The van der Waals surface area contributed by atoms with E-state index in [-0.39, 0.29) is 0 Å². The Morgan fingerprint density at radius 3 is 2.65 bits per heavy atom. The maximum Gasteiger partial charge on any atom is 0.202 e. The fourth-order valence-electron chi connectivity index (χ4n) is 2.30. The van der Waals surface area contributed by atoms with Crippen LogP contribution in [0.3, 0.4) is 0 Å². The zero-order valence-electron chi connectivity index (χ0n) is 12.6. The average molecular weight is 272 g/mol. The molecule has 0 saturated heterocycles. The molecule has 0 aliphatic carbocycles. The molecule has 0 aliphatic heterocycles. The number of imidazole rings is 1. The molecule has 0 spiro atoms. The van der Waals surface area contributed by atoms with Crippen molar-refractivity contribution in [2.75, 3.05) is 25.5 Å². The van der Waals surface area contributed by atoms with Crippen molar-refractivity contribution in [2.24, 2.45) is 7.05 Å². The summed E-state index contributed by atoms with van der Waals surface area (Å²) in [5.74, 6) is 0.952. The van der Waals surface area contributed by atoms with Crippen molar-refractivity contribution in [3.8, 4) is 0 Å². The molecule has 4 heteroatoms. The van der Waals surface area contributed by atoms with E-state index in [1.165, 1.54) is 5.56 Å². The Hall–Kier alpha value is -1.81. The third kappa shape index (κ3) is 4.38. The lowest BCUT2D eigenvalue weighted by Crippen LogP contribution is -2.21. The van der Waals surface area contributed by atoms with Gasteiger partial charge in [-0.05, 0) is 32.5 Å². The van der Waals surface area contributed by atoms with Gasteiger partial charge in [0, 0.05) is 26.3 Å². The number of hydrogen-bond acceptors (Lipinski definition) is 3. The van der Waals surface area contributed by atoms with Gasteiger partial charge in [0.15, 0.2) is 0 Å². The molecule has 4 nitrogen and oxygen atoms in total. The predicted octanol–water partition coefficient (Wildman–Crippen LogP) is 2.66. The van der Waals surface area contributed by atoms with Crippen LogP contribution in [0, 0.1) is 6.92 Å². The average Bonchev–Trinajstić information content (AvgIpc) is 2.74. The van der Waals surface area contributed by atoms with Crippen molar-refractivity contribution in [1.82, 2.24) is 14.5 Å². The van der Waals surface area contributed by atoms with Crippen LogP contribution < -0.4 is 5.32 Å². The quantitative estimate of drug-likeness (QED) is 0.787. The first kappa shape index (κ1) is 14.6. The normalized spacial score (nSPS) is 11.0. The van der Waals surface area contributed by atoms with Crippen LogP contribution in [0.5, 0.6) is 0 Å². The monoisotopic (exact) mass is 272 g/mol. The first-order chi connectivity index (χ1) is 9.65. The summed E-state index contributed by atoms with van der Waals surface area (Å²) < 4.78 is 2.03. The lowest BCUT2D eigenvalue weighted by molar-refractivity contribution is 0.325. The standard InChI is InChI=1S/C16H24N4/c1-14-12-20(3)16(18-14)17-10-7-11-19(2)13-15-8-5-4-6-9-15/h4-6,8-9,12H,7,10-11,13H2,1-3H3,(H,17,18). The molecule has 1 heterocycles. The van der Waals surface area contributed by atoms with Crippen molar-refractivity contribution in [3.05, 3.63) is 47.8 Å². The van der Waals surface area contributed by atoms with Crippen LogP contribution in [0.25, 0.3) is 0 Å². The molecule has 0 amide bonds. The second-order valence-electron chi connectivity index (χ2n) is 5.32. The van der Waals surface area contributed by atoms with Gasteiger partial charge in [0.05, 0.1) is 5.69 Å². The Balaban J connectivity index is 1.67. The number of nitrogens with zero attached hydrogens (tertiary/aromatic N) is 3. The summed E-state index contributed by atoms with van der Waals surface area (Å²) in [6.07, 6.45) is 3.14. The highest BCUT2D eigenvalue weighted by Gasteiger charge is 2.02. The number of anilines is 1. The van der Waals surface area contributed by atoms with E-state index in [0.29, 0.717) is 0 Å². The summed E-state index contributed by atoms with van der Waals surface area (Å²) >= 11 is 0. The van der Waals surface area contributed by atoms with Crippen LogP contribution in [0.2, 0.25) is 0 Å². The second kappa shape index (κ2) is 7.10. The molecule has 1 aromatic heterocycles. The van der Waals surface area contributed by atoms with Gasteiger partial charge in [0.1, 0.15) is 0 Å². The molecular formula is C16H24N4. The fourth-order valence-corrected chi connectivity index (χ4v) is 2.30. The highest BCUT2D eigenvalue weighted by Crippen LogP contribution is 2.06. The lowest BCUT2D eigenvalue weighted by Gasteiger charge is -2.16. The minimum absolute atomic E-state index is 0.948. The summed E-state index contributed by atoms with van der Waals surface area (Å²) in [7, 11) is 4.18. The maximum atomic E-state index is 4.43. The van der Waals surface area contributed by atoms with Crippen LogP contribution in [0.15, 0.2) is 36.5 Å². The Labute approximate surface area is 121 Å². The van der Waals surface area contributed by atoms with Crippen molar-refractivity contribution < 1.29 is 0 Å². The van der Waals surface area contributed by atoms with Gasteiger partial charge in [-0.15, -0.1) is 0 Å². The number of hydrogen-bond donors (Lipinski definition) is 1. The van der Waals surface area contributed by atoms with E-state index in [0.717, 1.165) is 37.7 Å². The van der Waals surface area contributed by atoms with E-state index in [9.17, 15) is 0 Å².